The molecule has 1 saturated heterocycles. The van der Waals surface area contributed by atoms with Crippen LogP contribution in [0.1, 0.15) is 43.4 Å². The highest BCUT2D eigenvalue weighted by Gasteiger charge is 2.43. The lowest BCUT2D eigenvalue weighted by molar-refractivity contribution is -0.120. The molecular weight excluding hydrogens is 388 g/mol. The van der Waals surface area contributed by atoms with Crippen molar-refractivity contribution in [1.29, 1.82) is 0 Å². The molecule has 0 radical (unpaired) electrons. The van der Waals surface area contributed by atoms with Crippen LogP contribution in [0.4, 0.5) is 5.69 Å². The second-order valence-corrected chi connectivity index (χ2v) is 8.61. The second kappa shape index (κ2) is 8.58. The molecule has 2 aliphatic heterocycles. The van der Waals surface area contributed by atoms with Gasteiger partial charge in [0.1, 0.15) is 11.4 Å². The molecule has 0 N–H and O–H groups in total. The van der Waals surface area contributed by atoms with Crippen molar-refractivity contribution in [1.82, 2.24) is 4.90 Å². The summed E-state index contributed by atoms with van der Waals surface area (Å²) in [5.41, 5.74) is 4.44. The van der Waals surface area contributed by atoms with Crippen LogP contribution in [-0.4, -0.2) is 36.4 Å². The standard InChI is InChI=1S/C26H30N2O3/c1-5-31-21-11-9-20(10-12-21)23-24(27-14-6-7-18(3)16-27)26(30)28(25(23)29)22-13-8-17(2)15-19(22)4/h8-13,15,18H,5-7,14,16H2,1-4H3. The lowest BCUT2D eigenvalue weighted by Crippen LogP contribution is -2.39. The van der Waals surface area contributed by atoms with Gasteiger partial charge in [-0.15, -0.1) is 0 Å². The van der Waals surface area contributed by atoms with E-state index in [4.69, 9.17) is 4.74 Å². The molecule has 1 unspecified atom stereocenters. The van der Waals surface area contributed by atoms with E-state index in [9.17, 15) is 9.59 Å². The molecule has 4 rings (SSSR count). The van der Waals surface area contributed by atoms with Gasteiger partial charge in [0.05, 0.1) is 17.9 Å². The number of carbonyl (C=O) groups excluding carboxylic acids is 2. The maximum absolute atomic E-state index is 13.7. The molecule has 2 amide bonds. The summed E-state index contributed by atoms with van der Waals surface area (Å²) in [4.78, 5) is 30.9. The van der Waals surface area contributed by atoms with Gasteiger partial charge in [0.2, 0.25) is 0 Å². The van der Waals surface area contributed by atoms with Gasteiger partial charge in [0.25, 0.3) is 11.8 Å². The predicted molar refractivity (Wildman–Crippen MR) is 123 cm³/mol. The Balaban J connectivity index is 1.81. The van der Waals surface area contributed by atoms with Gasteiger partial charge in [-0.3, -0.25) is 9.59 Å². The Morgan fingerprint density at radius 2 is 1.77 bits per heavy atom. The Morgan fingerprint density at radius 3 is 2.42 bits per heavy atom. The number of rotatable bonds is 5. The summed E-state index contributed by atoms with van der Waals surface area (Å²) in [6, 6.07) is 13.3. The number of hydrogen-bond donors (Lipinski definition) is 0. The Hall–Kier alpha value is -3.08. The molecule has 2 aromatic carbocycles. The van der Waals surface area contributed by atoms with Gasteiger partial charge in [-0.2, -0.15) is 0 Å². The predicted octanol–water partition coefficient (Wildman–Crippen LogP) is 4.72. The minimum atomic E-state index is -0.255. The first-order valence-electron chi connectivity index (χ1n) is 11.1. The number of benzene rings is 2. The number of hydrogen-bond acceptors (Lipinski definition) is 4. The monoisotopic (exact) mass is 418 g/mol. The molecular formula is C26H30N2O3. The van der Waals surface area contributed by atoms with Gasteiger partial charge in [-0.25, -0.2) is 4.90 Å². The van der Waals surface area contributed by atoms with Gasteiger partial charge in [0.15, 0.2) is 0 Å². The van der Waals surface area contributed by atoms with E-state index in [1.54, 1.807) is 0 Å². The fraction of sp³-hybridized carbons (Fsp3) is 0.385. The molecule has 5 nitrogen and oxygen atoms in total. The SMILES string of the molecule is CCOc1ccc(C2=C(N3CCCC(C)C3)C(=O)N(c3ccc(C)cc3C)C2=O)cc1. The topological polar surface area (TPSA) is 49.9 Å². The van der Waals surface area contributed by atoms with Crippen molar-refractivity contribution >= 4 is 23.1 Å². The van der Waals surface area contributed by atoms with Crippen molar-refractivity contribution < 1.29 is 14.3 Å². The fourth-order valence-corrected chi connectivity index (χ4v) is 4.62. The highest BCUT2D eigenvalue weighted by Crippen LogP contribution is 2.38. The molecule has 31 heavy (non-hydrogen) atoms. The summed E-state index contributed by atoms with van der Waals surface area (Å²) >= 11 is 0. The summed E-state index contributed by atoms with van der Waals surface area (Å²) in [5, 5.41) is 0. The largest absolute Gasteiger partial charge is 0.494 e. The number of piperidine rings is 1. The number of ether oxygens (including phenoxy) is 1. The highest BCUT2D eigenvalue weighted by atomic mass is 16.5. The molecule has 5 heteroatoms. The van der Waals surface area contributed by atoms with E-state index < -0.39 is 0 Å². The van der Waals surface area contributed by atoms with Crippen LogP contribution in [-0.2, 0) is 9.59 Å². The summed E-state index contributed by atoms with van der Waals surface area (Å²) in [7, 11) is 0. The first kappa shape index (κ1) is 21.2. The molecule has 0 saturated carbocycles. The third-order valence-electron chi connectivity index (χ3n) is 6.08. The summed E-state index contributed by atoms with van der Waals surface area (Å²) < 4.78 is 5.56. The zero-order chi connectivity index (χ0) is 22.1. The van der Waals surface area contributed by atoms with E-state index in [2.05, 4.69) is 11.8 Å². The molecule has 1 atom stereocenters. The van der Waals surface area contributed by atoms with E-state index in [0.29, 0.717) is 29.5 Å². The molecule has 2 aromatic rings. The van der Waals surface area contributed by atoms with Crippen molar-refractivity contribution in [2.45, 2.75) is 40.5 Å². The molecule has 0 spiro atoms. The molecule has 0 aromatic heterocycles. The number of carbonyl (C=O) groups is 2. The van der Waals surface area contributed by atoms with E-state index in [1.165, 1.54) is 4.90 Å². The van der Waals surface area contributed by atoms with Crippen LogP contribution < -0.4 is 9.64 Å². The average molecular weight is 419 g/mol. The normalized spacial score (nSPS) is 19.4. The number of nitrogens with zero attached hydrogens (tertiary/aromatic N) is 2. The van der Waals surface area contributed by atoms with E-state index in [1.807, 2.05) is 63.2 Å². The Kier molecular flexibility index (Phi) is 5.86. The highest BCUT2D eigenvalue weighted by molar-refractivity contribution is 6.45. The first-order valence-corrected chi connectivity index (χ1v) is 11.1. The Labute approximate surface area is 184 Å². The number of likely N-dealkylation sites (tertiary alicyclic amines) is 1. The maximum atomic E-state index is 13.7. The van der Waals surface area contributed by atoms with Gasteiger partial charge in [-0.1, -0.05) is 36.8 Å². The number of anilines is 1. The Bertz CT molecular complexity index is 1040. The summed E-state index contributed by atoms with van der Waals surface area (Å²) in [6.45, 7) is 10.3. The van der Waals surface area contributed by atoms with Crippen LogP contribution >= 0.6 is 0 Å². The fourth-order valence-electron chi connectivity index (χ4n) is 4.62. The Morgan fingerprint density at radius 1 is 1.03 bits per heavy atom. The quantitative estimate of drug-likeness (QED) is 0.660. The van der Waals surface area contributed by atoms with Crippen LogP contribution in [0.15, 0.2) is 48.2 Å². The molecule has 0 bridgehead atoms. The van der Waals surface area contributed by atoms with Crippen LogP contribution in [0.3, 0.4) is 0 Å². The van der Waals surface area contributed by atoms with Gasteiger partial charge < -0.3 is 9.64 Å². The minimum absolute atomic E-state index is 0.227. The van der Waals surface area contributed by atoms with E-state index in [-0.39, 0.29) is 11.8 Å². The number of imide groups is 1. The lowest BCUT2D eigenvalue weighted by atomic mass is 9.97. The lowest BCUT2D eigenvalue weighted by Gasteiger charge is -2.33. The van der Waals surface area contributed by atoms with E-state index in [0.717, 1.165) is 48.4 Å². The van der Waals surface area contributed by atoms with Gasteiger partial charge in [0, 0.05) is 13.1 Å². The van der Waals surface area contributed by atoms with Crippen molar-refractivity contribution in [3.8, 4) is 5.75 Å². The van der Waals surface area contributed by atoms with Gasteiger partial charge >= 0.3 is 0 Å². The molecule has 1 fully saturated rings. The summed E-state index contributed by atoms with van der Waals surface area (Å²) in [5.74, 6) is 0.758. The van der Waals surface area contributed by atoms with Crippen molar-refractivity contribution in [3.05, 3.63) is 64.9 Å². The zero-order valence-corrected chi connectivity index (χ0v) is 18.8. The second-order valence-electron chi connectivity index (χ2n) is 8.61. The van der Waals surface area contributed by atoms with Gasteiger partial charge in [-0.05, 0) is 68.9 Å². The molecule has 162 valence electrons. The maximum Gasteiger partial charge on any atom is 0.282 e. The van der Waals surface area contributed by atoms with Crippen LogP contribution in [0.2, 0.25) is 0 Å². The number of amides is 2. The minimum Gasteiger partial charge on any atom is -0.494 e. The average Bonchev–Trinajstić information content (AvgIpc) is 2.99. The third kappa shape index (κ3) is 3.97. The molecule has 0 aliphatic carbocycles. The van der Waals surface area contributed by atoms with Crippen molar-refractivity contribution in [2.24, 2.45) is 5.92 Å². The van der Waals surface area contributed by atoms with E-state index >= 15 is 0 Å². The van der Waals surface area contributed by atoms with Crippen molar-refractivity contribution in [2.75, 3.05) is 24.6 Å². The third-order valence-corrected chi connectivity index (χ3v) is 6.08. The van der Waals surface area contributed by atoms with Crippen LogP contribution in [0.5, 0.6) is 5.75 Å². The smallest absolute Gasteiger partial charge is 0.282 e. The van der Waals surface area contributed by atoms with Crippen LogP contribution in [0.25, 0.3) is 5.57 Å². The first-order chi connectivity index (χ1) is 14.9. The number of aryl methyl sites for hydroxylation is 2. The molecule has 2 aliphatic rings. The molecule has 2 heterocycles. The zero-order valence-electron chi connectivity index (χ0n) is 18.8. The summed E-state index contributed by atoms with van der Waals surface area (Å²) in [6.07, 6.45) is 2.16. The van der Waals surface area contributed by atoms with Crippen LogP contribution in [0, 0.1) is 19.8 Å². The van der Waals surface area contributed by atoms with Crippen molar-refractivity contribution in [3.63, 3.8) is 0 Å².